The number of rotatable bonds is 4. The molecule has 0 aliphatic carbocycles. The van der Waals surface area contributed by atoms with Crippen molar-refractivity contribution in [3.05, 3.63) is 53.2 Å². The largest absolute Gasteiger partial charge is 0.361 e. The number of pyridine rings is 1. The Morgan fingerprint density at radius 2 is 1.96 bits per heavy atom. The molecule has 1 aliphatic heterocycles. The van der Waals surface area contributed by atoms with Crippen LogP contribution in [0.2, 0.25) is 0 Å². The number of hydrogen-bond acceptors (Lipinski definition) is 5. The Morgan fingerprint density at radius 3 is 2.82 bits per heavy atom. The summed E-state index contributed by atoms with van der Waals surface area (Å²) in [4.78, 5) is 14.0. The van der Waals surface area contributed by atoms with Crippen molar-refractivity contribution in [2.45, 2.75) is 13.5 Å². The summed E-state index contributed by atoms with van der Waals surface area (Å²) >= 11 is 1.74. The van der Waals surface area contributed by atoms with Crippen molar-refractivity contribution in [1.82, 2.24) is 19.8 Å². The van der Waals surface area contributed by atoms with Gasteiger partial charge in [0.2, 0.25) is 0 Å². The Labute approximate surface area is 169 Å². The second-order valence-corrected chi connectivity index (χ2v) is 8.54. The number of anilines is 2. The van der Waals surface area contributed by atoms with Crippen molar-refractivity contribution >= 4 is 43.8 Å². The first-order valence-corrected chi connectivity index (χ1v) is 10.7. The van der Waals surface area contributed by atoms with Crippen LogP contribution in [0.25, 0.3) is 21.1 Å². The van der Waals surface area contributed by atoms with E-state index in [4.69, 9.17) is 0 Å². The maximum atomic E-state index is 4.62. The SMILES string of the molecule is Cc1c(Nc2ccnc3scc(CN4CCN(C)CC4)c23)ccc2[nH]ccc12. The molecule has 0 amide bonds. The molecule has 0 saturated carbocycles. The van der Waals surface area contributed by atoms with E-state index in [0.717, 1.165) is 48.9 Å². The normalized spacial score (nSPS) is 16.2. The Hall–Kier alpha value is -2.41. The number of hydrogen-bond donors (Lipinski definition) is 2. The molecule has 0 radical (unpaired) electrons. The Morgan fingerprint density at radius 1 is 1.11 bits per heavy atom. The minimum atomic E-state index is 0.990. The van der Waals surface area contributed by atoms with E-state index in [1.165, 1.54) is 27.4 Å². The number of H-pyrrole nitrogens is 1. The lowest BCUT2D eigenvalue weighted by atomic mass is 10.1. The van der Waals surface area contributed by atoms with Crippen LogP contribution in [0.4, 0.5) is 11.4 Å². The van der Waals surface area contributed by atoms with Gasteiger partial charge in [0.25, 0.3) is 0 Å². The molecule has 1 aromatic carbocycles. The van der Waals surface area contributed by atoms with Gasteiger partial charge in [0.1, 0.15) is 4.83 Å². The standard InChI is InChI=1S/C22H25N5S/c1-15-17-5-7-23-19(17)4-3-18(15)25-20-6-8-24-22-21(20)16(14-28-22)13-27-11-9-26(2)10-12-27/h3-8,14,23H,9-13H2,1-2H3,(H,24,25). The molecule has 28 heavy (non-hydrogen) atoms. The van der Waals surface area contributed by atoms with Gasteiger partial charge < -0.3 is 15.2 Å². The van der Waals surface area contributed by atoms with Gasteiger partial charge in [-0.1, -0.05) is 0 Å². The summed E-state index contributed by atoms with van der Waals surface area (Å²) in [5.41, 5.74) is 6.11. The number of fused-ring (bicyclic) bond motifs is 2. The highest BCUT2D eigenvalue weighted by Gasteiger charge is 2.18. The lowest BCUT2D eigenvalue weighted by Crippen LogP contribution is -2.43. The molecule has 0 spiro atoms. The first kappa shape index (κ1) is 17.7. The first-order valence-electron chi connectivity index (χ1n) is 9.79. The molecule has 1 aliphatic rings. The Kier molecular flexibility index (Phi) is 4.55. The van der Waals surface area contributed by atoms with Gasteiger partial charge >= 0.3 is 0 Å². The van der Waals surface area contributed by atoms with E-state index in [0.29, 0.717) is 0 Å². The second kappa shape index (κ2) is 7.20. The smallest absolute Gasteiger partial charge is 0.125 e. The minimum Gasteiger partial charge on any atom is -0.361 e. The molecule has 5 nitrogen and oxygen atoms in total. The summed E-state index contributed by atoms with van der Waals surface area (Å²) in [7, 11) is 2.20. The fourth-order valence-corrected chi connectivity index (χ4v) is 4.99. The fraction of sp³-hybridized carbons (Fsp3) is 0.318. The van der Waals surface area contributed by atoms with Crippen molar-refractivity contribution < 1.29 is 0 Å². The molecule has 0 bridgehead atoms. The number of aromatic amines is 1. The quantitative estimate of drug-likeness (QED) is 0.535. The van der Waals surface area contributed by atoms with Crippen LogP contribution in [-0.2, 0) is 6.54 Å². The summed E-state index contributed by atoms with van der Waals surface area (Å²) in [6.07, 6.45) is 3.91. The Bertz CT molecular complexity index is 1120. The molecule has 4 heterocycles. The van der Waals surface area contributed by atoms with Gasteiger partial charge in [-0.15, -0.1) is 11.3 Å². The average molecular weight is 392 g/mol. The highest BCUT2D eigenvalue weighted by Crippen LogP contribution is 2.35. The van der Waals surface area contributed by atoms with E-state index in [1.807, 2.05) is 12.4 Å². The van der Waals surface area contributed by atoms with Crippen LogP contribution >= 0.6 is 11.3 Å². The monoisotopic (exact) mass is 391 g/mol. The number of piperazine rings is 1. The molecule has 144 valence electrons. The molecule has 6 heteroatoms. The van der Waals surface area contributed by atoms with Gasteiger partial charge in [-0.25, -0.2) is 4.98 Å². The van der Waals surface area contributed by atoms with Crippen molar-refractivity contribution in [2.24, 2.45) is 0 Å². The summed E-state index contributed by atoms with van der Waals surface area (Å²) in [5, 5.41) is 8.50. The van der Waals surface area contributed by atoms with Gasteiger partial charge in [-0.3, -0.25) is 4.90 Å². The predicted molar refractivity (Wildman–Crippen MR) is 119 cm³/mol. The van der Waals surface area contributed by atoms with E-state index < -0.39 is 0 Å². The van der Waals surface area contributed by atoms with Crippen molar-refractivity contribution in [3.8, 4) is 0 Å². The molecule has 1 fully saturated rings. The number of thiophene rings is 1. The van der Waals surface area contributed by atoms with Gasteiger partial charge in [0, 0.05) is 67.1 Å². The van der Waals surface area contributed by atoms with Crippen molar-refractivity contribution in [2.75, 3.05) is 38.5 Å². The number of aromatic nitrogens is 2. The van der Waals surface area contributed by atoms with Crippen LogP contribution in [0.3, 0.4) is 0 Å². The van der Waals surface area contributed by atoms with Gasteiger partial charge in [0.15, 0.2) is 0 Å². The lowest BCUT2D eigenvalue weighted by Gasteiger charge is -2.32. The number of aryl methyl sites for hydroxylation is 1. The van der Waals surface area contributed by atoms with E-state index in [-0.39, 0.29) is 0 Å². The van der Waals surface area contributed by atoms with Gasteiger partial charge in [-0.2, -0.15) is 0 Å². The van der Waals surface area contributed by atoms with Gasteiger partial charge in [-0.05, 0) is 54.7 Å². The van der Waals surface area contributed by atoms with Crippen LogP contribution in [0.15, 0.2) is 42.0 Å². The van der Waals surface area contributed by atoms with Crippen LogP contribution in [0.5, 0.6) is 0 Å². The molecule has 3 aromatic heterocycles. The predicted octanol–water partition coefficient (Wildman–Crippen LogP) is 4.58. The third-order valence-corrected chi connectivity index (χ3v) is 6.75. The maximum absolute atomic E-state index is 4.62. The third-order valence-electron chi connectivity index (χ3n) is 5.81. The summed E-state index contributed by atoms with van der Waals surface area (Å²) in [5.74, 6) is 0. The van der Waals surface area contributed by atoms with E-state index in [9.17, 15) is 0 Å². The average Bonchev–Trinajstić information content (AvgIpc) is 3.34. The highest BCUT2D eigenvalue weighted by molar-refractivity contribution is 7.17. The van der Waals surface area contributed by atoms with Crippen LogP contribution in [0, 0.1) is 6.92 Å². The first-order chi connectivity index (χ1) is 13.7. The van der Waals surface area contributed by atoms with E-state index in [2.05, 4.69) is 68.7 Å². The van der Waals surface area contributed by atoms with Crippen LogP contribution < -0.4 is 5.32 Å². The number of benzene rings is 1. The summed E-state index contributed by atoms with van der Waals surface area (Å²) in [6, 6.07) is 8.54. The summed E-state index contributed by atoms with van der Waals surface area (Å²) < 4.78 is 0. The van der Waals surface area contributed by atoms with Crippen molar-refractivity contribution in [1.29, 1.82) is 0 Å². The zero-order chi connectivity index (χ0) is 19.1. The van der Waals surface area contributed by atoms with Gasteiger partial charge in [0.05, 0.1) is 5.69 Å². The molecule has 1 saturated heterocycles. The molecular weight excluding hydrogens is 366 g/mol. The lowest BCUT2D eigenvalue weighted by molar-refractivity contribution is 0.148. The molecule has 5 rings (SSSR count). The Balaban J connectivity index is 1.48. The fourth-order valence-electron chi connectivity index (χ4n) is 4.06. The third kappa shape index (κ3) is 3.17. The summed E-state index contributed by atoms with van der Waals surface area (Å²) in [6.45, 7) is 7.70. The number of likely N-dealkylation sites (N-methyl/N-ethyl adjacent to an activating group) is 1. The molecule has 0 atom stereocenters. The minimum absolute atomic E-state index is 0.990. The zero-order valence-electron chi connectivity index (χ0n) is 16.3. The zero-order valence-corrected chi connectivity index (χ0v) is 17.1. The van der Waals surface area contributed by atoms with E-state index in [1.54, 1.807) is 11.3 Å². The number of nitrogens with one attached hydrogen (secondary N) is 2. The maximum Gasteiger partial charge on any atom is 0.125 e. The molecular formula is C22H25N5S. The van der Waals surface area contributed by atoms with Crippen LogP contribution in [0.1, 0.15) is 11.1 Å². The number of nitrogens with zero attached hydrogens (tertiary/aromatic N) is 3. The molecule has 2 N–H and O–H groups in total. The van der Waals surface area contributed by atoms with E-state index >= 15 is 0 Å². The second-order valence-electron chi connectivity index (χ2n) is 7.68. The molecule has 4 aromatic rings. The molecule has 0 unspecified atom stereocenters. The van der Waals surface area contributed by atoms with Crippen molar-refractivity contribution in [3.63, 3.8) is 0 Å². The topological polar surface area (TPSA) is 47.2 Å². The van der Waals surface area contributed by atoms with Crippen LogP contribution in [-0.4, -0.2) is 53.0 Å². The highest BCUT2D eigenvalue weighted by atomic mass is 32.1.